The first-order valence-corrected chi connectivity index (χ1v) is 22.4. The molecule has 0 aromatic rings. The molecule has 4 aliphatic carbocycles. The fraction of sp³-hybridized carbons (Fsp3) is 1.00. The van der Waals surface area contributed by atoms with Crippen molar-refractivity contribution in [1.82, 2.24) is 4.90 Å². The summed E-state index contributed by atoms with van der Waals surface area (Å²) in [4.78, 5) is 2.82. The molecule has 6 unspecified atom stereocenters. The van der Waals surface area contributed by atoms with Crippen LogP contribution in [0.2, 0.25) is 0 Å². The van der Waals surface area contributed by atoms with Gasteiger partial charge in [0.1, 0.15) is 0 Å². The van der Waals surface area contributed by atoms with Gasteiger partial charge in [0.25, 0.3) is 0 Å². The third-order valence-electron chi connectivity index (χ3n) is 13.3. The Morgan fingerprint density at radius 3 is 1.53 bits per heavy atom. The first-order chi connectivity index (χ1) is 24.8. The molecular weight excluding hydrogens is 633 g/mol. The molecule has 0 radical (unpaired) electrons. The van der Waals surface area contributed by atoms with E-state index in [1.807, 2.05) is 13.8 Å². The molecule has 0 heterocycles. The summed E-state index contributed by atoms with van der Waals surface area (Å²) in [5.41, 5.74) is 16.3. The predicted octanol–water partition coefficient (Wildman–Crippen LogP) is 8.90. The molecule has 7 nitrogen and oxygen atoms in total. The minimum Gasteiger partial charge on any atom is -0.396 e. The van der Waals surface area contributed by atoms with Crippen molar-refractivity contribution in [2.75, 3.05) is 59.1 Å². The summed E-state index contributed by atoms with van der Waals surface area (Å²) in [5, 5.41) is 24.0. The minimum absolute atomic E-state index is 0.219. The van der Waals surface area contributed by atoms with Gasteiger partial charge < -0.3 is 37.4 Å². The lowest BCUT2D eigenvalue weighted by Gasteiger charge is -2.60. The first-order valence-electron chi connectivity index (χ1n) is 22.4. The molecule has 4 rings (SSSR count). The quantitative estimate of drug-likeness (QED) is 0.0730. The molecule has 0 aromatic heterocycles. The van der Waals surface area contributed by atoms with Crippen LogP contribution in [0.4, 0.5) is 0 Å². The van der Waals surface area contributed by atoms with E-state index in [1.165, 1.54) is 90.3 Å². The number of hydrogen-bond donors (Lipinski definition) is 6. The Bertz CT molecular complexity index is 730. The van der Waals surface area contributed by atoms with Gasteiger partial charge in [0.2, 0.25) is 0 Å². The van der Waals surface area contributed by atoms with Crippen LogP contribution < -0.4 is 17.2 Å². The second-order valence-corrected chi connectivity index (χ2v) is 16.6. The van der Waals surface area contributed by atoms with Crippen molar-refractivity contribution in [1.29, 1.82) is 0 Å². The topological polar surface area (TPSA) is 142 Å². The van der Waals surface area contributed by atoms with Gasteiger partial charge >= 0.3 is 0 Å². The number of aliphatic hydroxyl groups is 3. The SMILES string of the molecule is CC.CCCCCN(CCCCC)CCCC[C@H]1CCC2C3CCC4CCCCC4(C)C3CCC21C.NCCCO.NCCCO.NCCCO. The van der Waals surface area contributed by atoms with Crippen LogP contribution >= 0.6 is 0 Å². The van der Waals surface area contributed by atoms with Crippen LogP contribution in [0, 0.1) is 40.4 Å². The predicted molar refractivity (Wildman–Crippen MR) is 223 cm³/mol. The molecule has 4 saturated carbocycles. The van der Waals surface area contributed by atoms with E-state index < -0.39 is 0 Å². The van der Waals surface area contributed by atoms with E-state index in [-0.39, 0.29) is 19.8 Å². The van der Waals surface area contributed by atoms with Crippen molar-refractivity contribution in [2.45, 2.75) is 183 Å². The zero-order chi connectivity index (χ0) is 38.4. The summed E-state index contributed by atoms with van der Waals surface area (Å²) >= 11 is 0. The number of nitrogens with zero attached hydrogens (tertiary/aromatic N) is 1. The van der Waals surface area contributed by atoms with Crippen molar-refractivity contribution >= 4 is 0 Å². The van der Waals surface area contributed by atoms with E-state index in [1.54, 1.807) is 51.4 Å². The highest BCUT2D eigenvalue weighted by Gasteiger charge is 2.59. The van der Waals surface area contributed by atoms with Gasteiger partial charge in [0, 0.05) is 19.8 Å². The van der Waals surface area contributed by atoms with Crippen LogP contribution in [0.1, 0.15) is 183 Å². The van der Waals surface area contributed by atoms with Gasteiger partial charge in [-0.3, -0.25) is 0 Å². The zero-order valence-electron chi connectivity index (χ0n) is 35.3. The molecule has 0 aromatic carbocycles. The van der Waals surface area contributed by atoms with E-state index >= 15 is 0 Å². The number of nitrogens with two attached hydrogens (primary N) is 3. The molecule has 0 aliphatic heterocycles. The molecular formula is C44H94N4O3. The number of fused-ring (bicyclic) bond motifs is 5. The van der Waals surface area contributed by atoms with Gasteiger partial charge in [-0.2, -0.15) is 0 Å². The highest BCUT2D eigenvalue weighted by Crippen LogP contribution is 2.67. The van der Waals surface area contributed by atoms with Gasteiger partial charge in [-0.15, -0.1) is 0 Å². The standard InChI is InChI=1S/C33H61N.3C3H9NO.C2H6/c1-5-7-12-24-34(25-13-8-6-2)26-14-10-16-28-18-20-30-29-19-17-27-15-9-11-22-32(27,3)31(29)21-23-33(28,30)4;3*4-2-1-3-5;1-2/h27-31H,5-26H2,1-4H3;3*5H,1-4H2;1-2H3/t27?,28-,29?,30?,31?,32?,33?;;;;/m0..../s1. The molecule has 0 spiro atoms. The maximum absolute atomic E-state index is 7.99. The van der Waals surface area contributed by atoms with E-state index in [2.05, 4.69) is 32.6 Å². The summed E-state index contributed by atoms with van der Waals surface area (Å²) < 4.78 is 0. The van der Waals surface area contributed by atoms with Crippen molar-refractivity contribution in [3.63, 3.8) is 0 Å². The molecule has 0 amide bonds. The minimum atomic E-state index is 0.219. The van der Waals surface area contributed by atoms with Gasteiger partial charge in [0.05, 0.1) is 0 Å². The molecule has 0 bridgehead atoms. The second kappa shape index (κ2) is 32.0. The van der Waals surface area contributed by atoms with E-state index in [4.69, 9.17) is 32.5 Å². The van der Waals surface area contributed by atoms with Crippen molar-refractivity contribution in [3.05, 3.63) is 0 Å². The Kier molecular flexibility index (Phi) is 31.8. The van der Waals surface area contributed by atoms with Crippen molar-refractivity contribution in [3.8, 4) is 0 Å². The summed E-state index contributed by atoms with van der Waals surface area (Å²) in [5.74, 6) is 5.32. The maximum atomic E-state index is 7.99. The van der Waals surface area contributed by atoms with E-state index in [0.717, 1.165) is 48.9 Å². The van der Waals surface area contributed by atoms with Gasteiger partial charge in [-0.1, -0.05) is 86.5 Å². The van der Waals surface area contributed by atoms with Crippen LogP contribution in [0.3, 0.4) is 0 Å². The largest absolute Gasteiger partial charge is 0.396 e. The lowest BCUT2D eigenvalue weighted by molar-refractivity contribution is -0.111. The fourth-order valence-corrected chi connectivity index (χ4v) is 10.4. The first kappa shape index (κ1) is 50.7. The van der Waals surface area contributed by atoms with Gasteiger partial charge in [-0.05, 0) is 176 Å². The molecule has 7 heteroatoms. The number of aliphatic hydroxyl groups excluding tert-OH is 3. The summed E-state index contributed by atoms with van der Waals surface area (Å²) in [7, 11) is 0. The molecule has 0 saturated heterocycles. The summed E-state index contributed by atoms with van der Waals surface area (Å²) in [6, 6.07) is 0. The summed E-state index contributed by atoms with van der Waals surface area (Å²) in [6.07, 6.45) is 30.5. The third kappa shape index (κ3) is 18.3. The van der Waals surface area contributed by atoms with Gasteiger partial charge in [-0.25, -0.2) is 0 Å². The van der Waals surface area contributed by atoms with Crippen LogP contribution in [0.15, 0.2) is 0 Å². The van der Waals surface area contributed by atoms with Crippen LogP contribution in [0.5, 0.6) is 0 Å². The molecule has 308 valence electrons. The van der Waals surface area contributed by atoms with Gasteiger partial charge in [0.15, 0.2) is 0 Å². The lowest BCUT2D eigenvalue weighted by Crippen LogP contribution is -2.52. The highest BCUT2D eigenvalue weighted by atomic mass is 16.3. The molecule has 4 fully saturated rings. The maximum Gasteiger partial charge on any atom is 0.0443 e. The Balaban J connectivity index is 0.00000123. The van der Waals surface area contributed by atoms with Crippen molar-refractivity contribution < 1.29 is 15.3 Å². The average Bonchev–Trinajstić information content (AvgIpc) is 3.48. The monoisotopic (exact) mass is 727 g/mol. The van der Waals surface area contributed by atoms with E-state index in [9.17, 15) is 0 Å². The van der Waals surface area contributed by atoms with Crippen molar-refractivity contribution in [2.24, 2.45) is 57.6 Å². The Hall–Kier alpha value is -0.280. The zero-order valence-corrected chi connectivity index (χ0v) is 35.3. The number of rotatable bonds is 19. The van der Waals surface area contributed by atoms with Crippen LogP contribution in [-0.2, 0) is 0 Å². The van der Waals surface area contributed by atoms with Crippen LogP contribution in [0.25, 0.3) is 0 Å². The highest BCUT2D eigenvalue weighted by molar-refractivity contribution is 5.08. The molecule has 4 aliphatic rings. The smallest absolute Gasteiger partial charge is 0.0443 e. The second-order valence-electron chi connectivity index (χ2n) is 16.6. The Morgan fingerprint density at radius 2 is 1.06 bits per heavy atom. The molecule has 9 N–H and O–H groups in total. The van der Waals surface area contributed by atoms with Crippen LogP contribution in [-0.4, -0.2) is 79.3 Å². The van der Waals surface area contributed by atoms with E-state index in [0.29, 0.717) is 30.5 Å². The normalized spacial score (nSPS) is 29.0. The molecule has 51 heavy (non-hydrogen) atoms. The lowest BCUT2D eigenvalue weighted by atomic mass is 9.45. The molecule has 7 atom stereocenters. The Morgan fingerprint density at radius 1 is 0.549 bits per heavy atom. The Labute approximate surface area is 319 Å². The number of hydrogen-bond acceptors (Lipinski definition) is 7. The summed E-state index contributed by atoms with van der Waals surface area (Å²) in [6.45, 7) is 20.7. The average molecular weight is 727 g/mol. The third-order valence-corrected chi connectivity index (χ3v) is 13.3. The number of unbranched alkanes of at least 4 members (excludes halogenated alkanes) is 5. The fourth-order valence-electron chi connectivity index (χ4n) is 10.4.